The lowest BCUT2D eigenvalue weighted by Gasteiger charge is -2.18. The minimum atomic E-state index is -0.261. The minimum Gasteiger partial charge on any atom is -0.393 e. The Hall–Kier alpha value is -0.930. The molecule has 2 nitrogen and oxygen atoms in total. The van der Waals surface area contributed by atoms with Gasteiger partial charge in [-0.1, -0.05) is 26.0 Å². The molecule has 1 aromatic carbocycles. The molecule has 0 amide bonds. The third kappa shape index (κ3) is 4.84. The van der Waals surface area contributed by atoms with Crippen LogP contribution in [0.2, 0.25) is 0 Å². The third-order valence-corrected chi connectivity index (χ3v) is 3.03. The number of nitrogens with one attached hydrogen (secondary N) is 1. The van der Waals surface area contributed by atoms with Gasteiger partial charge in [0, 0.05) is 6.04 Å². The quantitative estimate of drug-likeness (QED) is 0.800. The van der Waals surface area contributed by atoms with E-state index in [1.165, 1.54) is 12.1 Å². The van der Waals surface area contributed by atoms with E-state index in [4.69, 9.17) is 0 Å². The summed E-state index contributed by atoms with van der Waals surface area (Å²) < 4.78 is 12.7. The van der Waals surface area contributed by atoms with Crippen LogP contribution in [0.5, 0.6) is 0 Å². The molecule has 0 bridgehead atoms. The summed E-state index contributed by atoms with van der Waals surface area (Å²) in [6.45, 7) is 6.81. The summed E-state index contributed by atoms with van der Waals surface area (Å²) in [4.78, 5) is 0. The van der Waals surface area contributed by atoms with Crippen molar-refractivity contribution in [3.8, 4) is 0 Å². The molecule has 1 rings (SSSR count). The molecule has 2 N–H and O–H groups in total. The molecule has 1 aromatic rings. The molecular formula is C14H22FNO. The summed E-state index contributed by atoms with van der Waals surface area (Å²) in [5, 5.41) is 13.0. The van der Waals surface area contributed by atoms with E-state index < -0.39 is 0 Å². The first kappa shape index (κ1) is 14.1. The van der Waals surface area contributed by atoms with Crippen molar-refractivity contribution in [3.05, 3.63) is 35.6 Å². The van der Waals surface area contributed by atoms with Gasteiger partial charge in [0.05, 0.1) is 6.10 Å². The van der Waals surface area contributed by atoms with Gasteiger partial charge in [-0.15, -0.1) is 0 Å². The van der Waals surface area contributed by atoms with E-state index in [9.17, 15) is 9.50 Å². The molecule has 0 aliphatic carbocycles. The summed E-state index contributed by atoms with van der Waals surface area (Å²) in [7, 11) is 0. The first-order valence-corrected chi connectivity index (χ1v) is 6.17. The number of benzene rings is 1. The Morgan fingerprint density at radius 1 is 1.18 bits per heavy atom. The van der Waals surface area contributed by atoms with Gasteiger partial charge in [-0.05, 0) is 43.5 Å². The van der Waals surface area contributed by atoms with E-state index in [1.807, 2.05) is 20.8 Å². The normalized spacial score (nSPS) is 14.9. The molecule has 17 heavy (non-hydrogen) atoms. The zero-order chi connectivity index (χ0) is 12.8. The van der Waals surface area contributed by atoms with E-state index in [2.05, 4.69) is 5.32 Å². The molecule has 0 aliphatic rings. The topological polar surface area (TPSA) is 32.3 Å². The van der Waals surface area contributed by atoms with Crippen LogP contribution in [-0.4, -0.2) is 17.8 Å². The Labute approximate surface area is 103 Å². The largest absolute Gasteiger partial charge is 0.393 e. The molecule has 3 heteroatoms. The number of hydrogen-bond donors (Lipinski definition) is 2. The average molecular weight is 239 g/mol. The van der Waals surface area contributed by atoms with Crippen LogP contribution < -0.4 is 5.32 Å². The lowest BCUT2D eigenvalue weighted by Crippen LogP contribution is -2.25. The molecule has 0 spiro atoms. The smallest absolute Gasteiger partial charge is 0.123 e. The molecule has 0 saturated heterocycles. The van der Waals surface area contributed by atoms with Crippen LogP contribution in [0.15, 0.2) is 24.3 Å². The Morgan fingerprint density at radius 2 is 1.76 bits per heavy atom. The molecule has 96 valence electrons. The van der Waals surface area contributed by atoms with Crippen LogP contribution in [-0.2, 0) is 0 Å². The van der Waals surface area contributed by atoms with Crippen LogP contribution >= 0.6 is 0 Å². The molecule has 0 aliphatic heterocycles. The van der Waals surface area contributed by atoms with Crippen molar-refractivity contribution in [2.45, 2.75) is 39.3 Å². The third-order valence-electron chi connectivity index (χ3n) is 3.03. The van der Waals surface area contributed by atoms with E-state index >= 15 is 0 Å². The van der Waals surface area contributed by atoms with Crippen molar-refractivity contribution in [1.82, 2.24) is 5.32 Å². The van der Waals surface area contributed by atoms with Crippen LogP contribution in [0.4, 0.5) is 4.39 Å². The van der Waals surface area contributed by atoms with E-state index in [1.54, 1.807) is 12.1 Å². The van der Waals surface area contributed by atoms with Gasteiger partial charge in [0.1, 0.15) is 5.82 Å². The first-order chi connectivity index (χ1) is 8.00. The number of rotatable bonds is 6. The van der Waals surface area contributed by atoms with Gasteiger partial charge >= 0.3 is 0 Å². The highest BCUT2D eigenvalue weighted by Crippen LogP contribution is 2.13. The monoisotopic (exact) mass is 239 g/mol. The lowest BCUT2D eigenvalue weighted by atomic mass is 10.0. The fourth-order valence-electron chi connectivity index (χ4n) is 1.65. The maximum Gasteiger partial charge on any atom is 0.123 e. The lowest BCUT2D eigenvalue weighted by molar-refractivity contribution is 0.115. The Balaban J connectivity index is 2.34. The van der Waals surface area contributed by atoms with Gasteiger partial charge < -0.3 is 10.4 Å². The Bertz CT molecular complexity index is 323. The van der Waals surface area contributed by atoms with Gasteiger partial charge in [-0.25, -0.2) is 4.39 Å². The molecule has 0 radical (unpaired) electrons. The van der Waals surface area contributed by atoms with Crippen molar-refractivity contribution < 1.29 is 9.50 Å². The van der Waals surface area contributed by atoms with E-state index in [-0.39, 0.29) is 23.9 Å². The molecule has 0 saturated carbocycles. The molecule has 2 atom stereocenters. The zero-order valence-electron chi connectivity index (χ0n) is 10.8. The molecule has 0 aromatic heterocycles. The van der Waals surface area contributed by atoms with Crippen molar-refractivity contribution >= 4 is 0 Å². The summed E-state index contributed by atoms with van der Waals surface area (Å²) in [6, 6.07) is 6.68. The number of aliphatic hydroxyl groups excluding tert-OH is 1. The summed E-state index contributed by atoms with van der Waals surface area (Å²) in [5.41, 5.74) is 1.06. The maximum atomic E-state index is 12.7. The highest BCUT2D eigenvalue weighted by atomic mass is 19.1. The summed E-state index contributed by atoms with van der Waals surface area (Å²) in [5.74, 6) is 0.0779. The van der Waals surface area contributed by atoms with Crippen LogP contribution in [0.25, 0.3) is 0 Å². The highest BCUT2D eigenvalue weighted by Gasteiger charge is 2.10. The summed E-state index contributed by atoms with van der Waals surface area (Å²) >= 11 is 0. The maximum absolute atomic E-state index is 12.7. The van der Waals surface area contributed by atoms with Crippen molar-refractivity contribution in [2.24, 2.45) is 5.92 Å². The predicted molar refractivity (Wildman–Crippen MR) is 68.3 cm³/mol. The average Bonchev–Trinajstić information content (AvgIpc) is 2.29. The van der Waals surface area contributed by atoms with Gasteiger partial charge in [0.2, 0.25) is 0 Å². The van der Waals surface area contributed by atoms with Crippen LogP contribution in [0.3, 0.4) is 0 Å². The first-order valence-electron chi connectivity index (χ1n) is 6.17. The molecule has 0 heterocycles. The Kier molecular flexibility index (Phi) is 5.59. The second kappa shape index (κ2) is 6.72. The molecule has 0 fully saturated rings. The standard InChI is InChI=1S/C14H22FNO/c1-10(2)14(17)8-9-16-11(3)12-4-6-13(15)7-5-12/h4-7,10-11,14,16-17H,8-9H2,1-3H3. The SMILES string of the molecule is CC(NCCC(O)C(C)C)c1ccc(F)cc1. The van der Waals surface area contributed by atoms with E-state index in [0.29, 0.717) is 0 Å². The van der Waals surface area contributed by atoms with Gasteiger partial charge in [0.15, 0.2) is 0 Å². The summed E-state index contributed by atoms with van der Waals surface area (Å²) in [6.07, 6.45) is 0.478. The van der Waals surface area contributed by atoms with Crippen molar-refractivity contribution in [1.29, 1.82) is 0 Å². The van der Waals surface area contributed by atoms with Crippen molar-refractivity contribution in [2.75, 3.05) is 6.54 Å². The Morgan fingerprint density at radius 3 is 2.29 bits per heavy atom. The second-order valence-corrected chi connectivity index (χ2v) is 4.83. The molecular weight excluding hydrogens is 217 g/mol. The van der Waals surface area contributed by atoms with Gasteiger partial charge in [0.25, 0.3) is 0 Å². The number of hydrogen-bond acceptors (Lipinski definition) is 2. The molecule has 2 unspecified atom stereocenters. The zero-order valence-corrected chi connectivity index (χ0v) is 10.8. The fraction of sp³-hybridized carbons (Fsp3) is 0.571. The highest BCUT2D eigenvalue weighted by molar-refractivity contribution is 5.19. The predicted octanol–water partition coefficient (Wildman–Crippen LogP) is 2.88. The van der Waals surface area contributed by atoms with Gasteiger partial charge in [-0.3, -0.25) is 0 Å². The number of halogens is 1. The second-order valence-electron chi connectivity index (χ2n) is 4.83. The van der Waals surface area contributed by atoms with Crippen LogP contribution in [0.1, 0.15) is 38.8 Å². The van der Waals surface area contributed by atoms with Crippen LogP contribution in [0, 0.1) is 11.7 Å². The minimum absolute atomic E-state index is 0.176. The van der Waals surface area contributed by atoms with Gasteiger partial charge in [-0.2, -0.15) is 0 Å². The van der Waals surface area contributed by atoms with Crippen molar-refractivity contribution in [3.63, 3.8) is 0 Å². The fourth-order valence-corrected chi connectivity index (χ4v) is 1.65. The number of aliphatic hydroxyl groups is 1. The van der Waals surface area contributed by atoms with E-state index in [0.717, 1.165) is 18.5 Å².